The van der Waals surface area contributed by atoms with Crippen LogP contribution in [0.3, 0.4) is 0 Å². The number of rotatable bonds is 6. The lowest BCUT2D eigenvalue weighted by atomic mass is 9.97. The topological polar surface area (TPSA) is 49.3 Å². The van der Waals surface area contributed by atoms with Gasteiger partial charge in [-0.25, -0.2) is 9.97 Å². The van der Waals surface area contributed by atoms with Gasteiger partial charge in [0.1, 0.15) is 0 Å². The van der Waals surface area contributed by atoms with E-state index < -0.39 is 0 Å². The summed E-state index contributed by atoms with van der Waals surface area (Å²) in [5, 5.41) is 0. The number of hydrogen-bond acceptors (Lipinski definition) is 4. The fraction of sp³-hybridized carbons (Fsp3) is 0.688. The van der Waals surface area contributed by atoms with Crippen LogP contribution in [-0.4, -0.2) is 47.0 Å². The summed E-state index contributed by atoms with van der Waals surface area (Å²) in [7, 11) is 0. The first-order chi connectivity index (χ1) is 10.3. The average Bonchev–Trinajstić information content (AvgIpc) is 2.56. The Hall–Kier alpha value is -1.65. The van der Waals surface area contributed by atoms with Crippen LogP contribution in [-0.2, 0) is 4.79 Å². The minimum absolute atomic E-state index is 0.199. The molecule has 0 radical (unpaired) electrons. The Bertz CT molecular complexity index is 429. The van der Waals surface area contributed by atoms with Gasteiger partial charge in [0.25, 0.3) is 0 Å². The zero-order valence-electron chi connectivity index (χ0n) is 13.2. The third-order valence-electron chi connectivity index (χ3n) is 4.17. The molecule has 1 saturated heterocycles. The van der Waals surface area contributed by atoms with Gasteiger partial charge in [-0.15, -0.1) is 0 Å². The maximum absolute atomic E-state index is 12.6. The molecule has 1 aromatic rings. The number of anilines is 1. The van der Waals surface area contributed by atoms with Gasteiger partial charge in [0, 0.05) is 44.5 Å². The predicted octanol–water partition coefficient (Wildman–Crippen LogP) is 2.34. The zero-order chi connectivity index (χ0) is 15.1. The molecule has 1 atom stereocenters. The van der Waals surface area contributed by atoms with Crippen molar-refractivity contribution in [2.45, 2.75) is 39.5 Å². The number of unbranched alkanes of at least 4 members (excludes halogenated alkanes) is 1. The van der Waals surface area contributed by atoms with Crippen LogP contribution in [0.15, 0.2) is 18.5 Å². The van der Waals surface area contributed by atoms with Gasteiger partial charge in [-0.3, -0.25) is 4.79 Å². The van der Waals surface area contributed by atoms with Gasteiger partial charge in [0.05, 0.1) is 0 Å². The van der Waals surface area contributed by atoms with Crippen molar-refractivity contribution in [3.05, 3.63) is 18.5 Å². The Morgan fingerprint density at radius 3 is 2.43 bits per heavy atom. The number of piperazine rings is 1. The van der Waals surface area contributed by atoms with Gasteiger partial charge < -0.3 is 9.80 Å². The van der Waals surface area contributed by atoms with E-state index in [1.165, 1.54) is 0 Å². The molecule has 0 N–H and O–H groups in total. The average molecular weight is 290 g/mol. The fourth-order valence-corrected chi connectivity index (χ4v) is 2.79. The van der Waals surface area contributed by atoms with E-state index in [-0.39, 0.29) is 5.92 Å². The molecule has 5 nitrogen and oxygen atoms in total. The van der Waals surface area contributed by atoms with E-state index in [0.717, 1.165) is 57.8 Å². The van der Waals surface area contributed by atoms with Crippen molar-refractivity contribution in [3.8, 4) is 0 Å². The minimum atomic E-state index is 0.199. The third-order valence-corrected chi connectivity index (χ3v) is 4.17. The normalized spacial score (nSPS) is 16.9. The Morgan fingerprint density at radius 2 is 1.86 bits per heavy atom. The smallest absolute Gasteiger partial charge is 0.225 e. The van der Waals surface area contributed by atoms with Crippen LogP contribution < -0.4 is 4.90 Å². The lowest BCUT2D eigenvalue weighted by Crippen LogP contribution is -2.50. The van der Waals surface area contributed by atoms with E-state index in [9.17, 15) is 4.79 Å². The molecular weight excluding hydrogens is 264 g/mol. The first-order valence-corrected chi connectivity index (χ1v) is 8.07. The van der Waals surface area contributed by atoms with E-state index in [2.05, 4.69) is 28.7 Å². The molecule has 1 aliphatic rings. The fourth-order valence-electron chi connectivity index (χ4n) is 2.79. The molecule has 0 saturated carbocycles. The number of nitrogens with zero attached hydrogens (tertiary/aromatic N) is 4. The summed E-state index contributed by atoms with van der Waals surface area (Å²) in [5.41, 5.74) is 0. The molecule has 1 fully saturated rings. The van der Waals surface area contributed by atoms with Crippen molar-refractivity contribution in [2.24, 2.45) is 5.92 Å². The second-order valence-electron chi connectivity index (χ2n) is 5.61. The standard InChI is InChI=1S/C16H26N4O/c1-3-5-7-14(4-2)15(21)19-10-12-20(13-11-19)16-17-8-6-9-18-16/h6,8-9,14H,3-5,7,10-13H2,1-2H3/t14-/m0/s1. The van der Waals surface area contributed by atoms with Crippen LogP contribution in [0.1, 0.15) is 39.5 Å². The zero-order valence-corrected chi connectivity index (χ0v) is 13.2. The van der Waals surface area contributed by atoms with Crippen molar-refractivity contribution in [1.82, 2.24) is 14.9 Å². The lowest BCUT2D eigenvalue weighted by molar-refractivity contribution is -0.136. The molecule has 0 aliphatic carbocycles. The molecule has 116 valence electrons. The Balaban J connectivity index is 1.86. The van der Waals surface area contributed by atoms with Gasteiger partial charge in [0.15, 0.2) is 0 Å². The van der Waals surface area contributed by atoms with Crippen molar-refractivity contribution in [1.29, 1.82) is 0 Å². The van der Waals surface area contributed by atoms with Crippen molar-refractivity contribution in [3.63, 3.8) is 0 Å². The number of amides is 1. The summed E-state index contributed by atoms with van der Waals surface area (Å²) in [6.07, 6.45) is 7.79. The number of carbonyl (C=O) groups excluding carboxylic acids is 1. The summed E-state index contributed by atoms with van der Waals surface area (Å²) < 4.78 is 0. The van der Waals surface area contributed by atoms with E-state index in [1.807, 2.05) is 11.0 Å². The number of hydrogen-bond donors (Lipinski definition) is 0. The predicted molar refractivity (Wildman–Crippen MR) is 84.1 cm³/mol. The molecule has 2 heterocycles. The first kappa shape index (κ1) is 15.7. The van der Waals surface area contributed by atoms with Crippen molar-refractivity contribution >= 4 is 11.9 Å². The molecule has 1 aromatic heterocycles. The van der Waals surface area contributed by atoms with E-state index in [1.54, 1.807) is 12.4 Å². The van der Waals surface area contributed by atoms with Crippen LogP contribution in [0.25, 0.3) is 0 Å². The van der Waals surface area contributed by atoms with Crippen molar-refractivity contribution in [2.75, 3.05) is 31.1 Å². The Morgan fingerprint density at radius 1 is 1.19 bits per heavy atom. The second kappa shape index (κ2) is 7.96. The van der Waals surface area contributed by atoms with Gasteiger partial charge in [-0.1, -0.05) is 26.7 Å². The van der Waals surface area contributed by atoms with Crippen molar-refractivity contribution < 1.29 is 4.79 Å². The first-order valence-electron chi connectivity index (χ1n) is 8.07. The molecule has 21 heavy (non-hydrogen) atoms. The Labute approximate surface area is 127 Å². The highest BCUT2D eigenvalue weighted by molar-refractivity contribution is 5.79. The van der Waals surface area contributed by atoms with Gasteiger partial charge in [0.2, 0.25) is 11.9 Å². The van der Waals surface area contributed by atoms with Crippen LogP contribution >= 0.6 is 0 Å². The van der Waals surface area contributed by atoms with E-state index >= 15 is 0 Å². The third kappa shape index (κ3) is 4.16. The lowest BCUT2D eigenvalue weighted by Gasteiger charge is -2.36. The monoisotopic (exact) mass is 290 g/mol. The molecule has 0 spiro atoms. The molecule has 0 aromatic carbocycles. The van der Waals surface area contributed by atoms with Gasteiger partial charge in [-0.2, -0.15) is 0 Å². The van der Waals surface area contributed by atoms with E-state index in [4.69, 9.17) is 0 Å². The molecule has 5 heteroatoms. The maximum atomic E-state index is 12.6. The molecule has 0 bridgehead atoms. The largest absolute Gasteiger partial charge is 0.339 e. The number of aromatic nitrogens is 2. The summed E-state index contributed by atoms with van der Waals surface area (Å²) in [5.74, 6) is 1.30. The molecule has 0 unspecified atom stereocenters. The number of carbonyl (C=O) groups is 1. The summed E-state index contributed by atoms with van der Waals surface area (Å²) in [6.45, 7) is 7.49. The summed E-state index contributed by atoms with van der Waals surface area (Å²) in [4.78, 5) is 25.3. The van der Waals surface area contributed by atoms with Crippen LogP contribution in [0.5, 0.6) is 0 Å². The highest BCUT2D eigenvalue weighted by Crippen LogP contribution is 2.18. The maximum Gasteiger partial charge on any atom is 0.225 e. The van der Waals surface area contributed by atoms with Gasteiger partial charge in [-0.05, 0) is 18.9 Å². The summed E-state index contributed by atoms with van der Waals surface area (Å²) in [6, 6.07) is 1.82. The SMILES string of the molecule is CCCC[C@H](CC)C(=O)N1CCN(c2ncccn2)CC1. The molecule has 1 amide bonds. The van der Waals surface area contributed by atoms with Crippen LogP contribution in [0.2, 0.25) is 0 Å². The van der Waals surface area contributed by atoms with Crippen LogP contribution in [0, 0.1) is 5.92 Å². The molecule has 1 aliphatic heterocycles. The Kier molecular flexibility index (Phi) is 5.96. The van der Waals surface area contributed by atoms with Gasteiger partial charge >= 0.3 is 0 Å². The van der Waals surface area contributed by atoms with Crippen LogP contribution in [0.4, 0.5) is 5.95 Å². The highest BCUT2D eigenvalue weighted by Gasteiger charge is 2.26. The highest BCUT2D eigenvalue weighted by atomic mass is 16.2. The van der Waals surface area contributed by atoms with E-state index in [0.29, 0.717) is 5.91 Å². The molecular formula is C16H26N4O. The summed E-state index contributed by atoms with van der Waals surface area (Å²) >= 11 is 0. The molecule has 2 rings (SSSR count). The quantitative estimate of drug-likeness (QED) is 0.807. The minimum Gasteiger partial charge on any atom is -0.339 e. The second-order valence-corrected chi connectivity index (χ2v) is 5.61.